The molecule has 0 bridgehead atoms. The van der Waals surface area contributed by atoms with E-state index in [1.807, 2.05) is 0 Å². The van der Waals surface area contributed by atoms with Gasteiger partial charge in [-0.25, -0.2) is 13.6 Å². The molecule has 11 heteroatoms. The minimum Gasteiger partial charge on any atom is -0.289 e. The molecule has 0 N–H and O–H groups in total. The van der Waals surface area contributed by atoms with Crippen LogP contribution in [0.15, 0.2) is 28.1 Å². The summed E-state index contributed by atoms with van der Waals surface area (Å²) in [4.78, 5) is 3.76. The zero-order valence-electron chi connectivity index (χ0n) is 9.59. The quantitative estimate of drug-likeness (QED) is 0.589. The van der Waals surface area contributed by atoms with Crippen molar-refractivity contribution in [2.24, 2.45) is 0 Å². The first-order valence-corrected chi connectivity index (χ1v) is 8.44. The second kappa shape index (κ2) is 6.29. The molecule has 0 aliphatic heterocycles. The third kappa shape index (κ3) is 3.54. The average Bonchev–Trinajstić information content (AvgIpc) is 2.68. The zero-order chi connectivity index (χ0) is 15.9. The monoisotopic (exact) mass is 456 g/mol. The maximum atomic E-state index is 13.3. The summed E-state index contributed by atoms with van der Waals surface area (Å²) in [7, 11) is -2.46. The molecular formula is C10H3BrCl4F2N2OS. The maximum Gasteiger partial charge on any atom is 0.338 e. The van der Waals surface area contributed by atoms with Gasteiger partial charge in [0.25, 0.3) is 0 Å². The number of hydrogen-bond donors (Lipinski definition) is 0. The molecular weight excluding hydrogens is 456 g/mol. The Morgan fingerprint density at radius 3 is 2.29 bits per heavy atom. The molecule has 1 atom stereocenters. The number of aromatic nitrogens is 2. The van der Waals surface area contributed by atoms with Crippen molar-refractivity contribution in [1.29, 1.82) is 0 Å². The molecule has 21 heavy (non-hydrogen) atoms. The second-order valence-electron chi connectivity index (χ2n) is 3.64. The van der Waals surface area contributed by atoms with Gasteiger partial charge < -0.3 is 0 Å². The number of hydrogen-bond acceptors (Lipinski definition) is 2. The van der Waals surface area contributed by atoms with E-state index in [0.29, 0.717) is 0 Å². The van der Waals surface area contributed by atoms with Gasteiger partial charge in [0, 0.05) is 0 Å². The summed E-state index contributed by atoms with van der Waals surface area (Å²) in [6.45, 7) is 0. The van der Waals surface area contributed by atoms with Gasteiger partial charge in [0.2, 0.25) is 0 Å². The second-order valence-corrected chi connectivity index (χ2v) is 8.38. The van der Waals surface area contributed by atoms with E-state index in [2.05, 4.69) is 20.9 Å². The SMILES string of the molecule is O=S(c1ncn(-c2c(Cl)cc(F)cc2Cl)c1Br)C(F)(Cl)Cl. The molecule has 1 aromatic carbocycles. The number of nitrogens with zero attached hydrogens (tertiary/aromatic N) is 2. The fourth-order valence-corrected chi connectivity index (χ4v) is 3.98. The Labute approximate surface area is 148 Å². The van der Waals surface area contributed by atoms with Crippen molar-refractivity contribution in [3.8, 4) is 5.69 Å². The van der Waals surface area contributed by atoms with Gasteiger partial charge in [-0.1, -0.05) is 46.4 Å². The Balaban J connectivity index is 2.59. The van der Waals surface area contributed by atoms with Gasteiger partial charge in [-0.2, -0.15) is 4.39 Å². The van der Waals surface area contributed by atoms with Crippen LogP contribution in [0, 0.1) is 5.82 Å². The summed E-state index contributed by atoms with van der Waals surface area (Å²) < 4.78 is 36.6. The zero-order valence-corrected chi connectivity index (χ0v) is 15.0. The summed E-state index contributed by atoms with van der Waals surface area (Å²) in [5.74, 6) is -0.627. The normalized spacial score (nSPS) is 13.5. The molecule has 0 fully saturated rings. The van der Waals surface area contributed by atoms with Crippen molar-refractivity contribution in [2.75, 3.05) is 0 Å². The summed E-state index contributed by atoms with van der Waals surface area (Å²) in [5.41, 5.74) is 0.177. The van der Waals surface area contributed by atoms with Crippen LogP contribution >= 0.6 is 62.3 Å². The van der Waals surface area contributed by atoms with E-state index >= 15 is 0 Å². The van der Waals surface area contributed by atoms with Crippen LogP contribution < -0.4 is 0 Å². The summed E-state index contributed by atoms with van der Waals surface area (Å²) >= 11 is 25.2. The minimum absolute atomic E-state index is 0.0151. The van der Waals surface area contributed by atoms with Crippen LogP contribution in [0.25, 0.3) is 5.69 Å². The summed E-state index contributed by atoms with van der Waals surface area (Å²) in [5, 5.41) is -0.281. The average molecular weight is 459 g/mol. The van der Waals surface area contributed by atoms with E-state index in [-0.39, 0.29) is 25.4 Å². The number of alkyl halides is 3. The molecule has 0 radical (unpaired) electrons. The summed E-state index contributed by atoms with van der Waals surface area (Å²) in [6.07, 6.45) is 1.17. The lowest BCUT2D eigenvalue weighted by molar-refractivity contribution is 0.496. The number of rotatable bonds is 3. The van der Waals surface area contributed by atoms with Crippen LogP contribution in [0.1, 0.15) is 0 Å². The predicted molar refractivity (Wildman–Crippen MR) is 83.2 cm³/mol. The van der Waals surface area contributed by atoms with E-state index in [9.17, 15) is 13.0 Å². The van der Waals surface area contributed by atoms with Crippen molar-refractivity contribution in [3.63, 3.8) is 0 Å². The van der Waals surface area contributed by atoms with Gasteiger partial charge >= 0.3 is 3.92 Å². The van der Waals surface area contributed by atoms with Crippen LogP contribution in [-0.4, -0.2) is 17.7 Å². The Hall–Kier alpha value is 0.0800. The van der Waals surface area contributed by atoms with Gasteiger partial charge in [0.1, 0.15) is 27.5 Å². The van der Waals surface area contributed by atoms with Crippen molar-refractivity contribution in [2.45, 2.75) is 8.95 Å². The Morgan fingerprint density at radius 1 is 1.29 bits per heavy atom. The fraction of sp³-hybridized carbons (Fsp3) is 0.100. The highest BCUT2D eigenvalue weighted by molar-refractivity contribution is 9.10. The van der Waals surface area contributed by atoms with Crippen molar-refractivity contribution in [3.05, 3.63) is 38.9 Å². The number of benzene rings is 1. The number of imidazole rings is 1. The van der Waals surface area contributed by atoms with E-state index in [1.165, 1.54) is 10.9 Å². The Morgan fingerprint density at radius 2 is 1.81 bits per heavy atom. The van der Waals surface area contributed by atoms with Crippen molar-refractivity contribution in [1.82, 2.24) is 9.55 Å². The third-order valence-corrected chi connectivity index (χ3v) is 5.79. The van der Waals surface area contributed by atoms with Gasteiger partial charge in [-0.05, 0) is 28.1 Å². The molecule has 1 heterocycles. The van der Waals surface area contributed by atoms with Gasteiger partial charge in [-0.15, -0.1) is 0 Å². The molecule has 0 saturated carbocycles. The maximum absolute atomic E-state index is 13.3. The first-order chi connectivity index (χ1) is 9.62. The van der Waals surface area contributed by atoms with Crippen molar-refractivity contribution < 1.29 is 13.0 Å². The Kier molecular flexibility index (Phi) is 5.23. The standard InChI is InChI=1S/C10H3BrCl4F2N2OS/c11-8-9(21(20)10(14,15)17)18-3-19(8)7-5(12)1-4(16)2-6(7)13/h1-3H. The molecule has 2 rings (SSSR count). The van der Waals surface area contributed by atoms with Crippen LogP contribution in [0.4, 0.5) is 8.78 Å². The minimum atomic E-state index is -3.02. The highest BCUT2D eigenvalue weighted by Crippen LogP contribution is 2.37. The van der Waals surface area contributed by atoms with Crippen LogP contribution in [-0.2, 0) is 10.8 Å². The van der Waals surface area contributed by atoms with Crippen LogP contribution in [0.3, 0.4) is 0 Å². The lowest BCUT2D eigenvalue weighted by Crippen LogP contribution is -2.14. The molecule has 0 aliphatic rings. The topological polar surface area (TPSA) is 34.9 Å². The van der Waals surface area contributed by atoms with Crippen molar-refractivity contribution >= 4 is 73.1 Å². The fourth-order valence-electron chi connectivity index (χ4n) is 1.47. The van der Waals surface area contributed by atoms with Gasteiger partial charge in [0.05, 0.1) is 15.7 Å². The van der Waals surface area contributed by atoms with Gasteiger partial charge in [0.15, 0.2) is 5.03 Å². The third-order valence-electron chi connectivity index (χ3n) is 2.29. The first kappa shape index (κ1) is 17.4. The summed E-state index contributed by atoms with van der Waals surface area (Å²) in [6, 6.07) is 2.07. The predicted octanol–water partition coefficient (Wildman–Crippen LogP) is 5.25. The molecule has 1 aromatic heterocycles. The molecule has 1 unspecified atom stereocenters. The molecule has 0 amide bonds. The van der Waals surface area contributed by atoms with Gasteiger partial charge in [-0.3, -0.25) is 4.57 Å². The molecule has 3 nitrogen and oxygen atoms in total. The van der Waals surface area contributed by atoms with E-state index in [4.69, 9.17) is 46.4 Å². The van der Waals surface area contributed by atoms with Crippen LogP contribution in [0.5, 0.6) is 0 Å². The highest BCUT2D eigenvalue weighted by Gasteiger charge is 2.36. The van der Waals surface area contributed by atoms with E-state index < -0.39 is 20.5 Å². The molecule has 2 aromatic rings. The lowest BCUT2D eigenvalue weighted by atomic mass is 10.3. The van der Waals surface area contributed by atoms with E-state index in [0.717, 1.165) is 12.1 Å². The first-order valence-electron chi connectivity index (χ1n) is 4.99. The van der Waals surface area contributed by atoms with E-state index in [1.54, 1.807) is 0 Å². The molecule has 0 spiro atoms. The lowest BCUT2D eigenvalue weighted by Gasteiger charge is -2.10. The Bertz CT molecular complexity index is 711. The number of halogens is 7. The molecule has 0 saturated heterocycles. The molecule has 0 aliphatic carbocycles. The smallest absolute Gasteiger partial charge is 0.289 e. The highest BCUT2D eigenvalue weighted by atomic mass is 79.9. The van der Waals surface area contributed by atoms with Crippen LogP contribution in [0.2, 0.25) is 10.0 Å². The molecule has 114 valence electrons. The largest absolute Gasteiger partial charge is 0.338 e.